The molecule has 2 fully saturated rings. The van der Waals surface area contributed by atoms with E-state index in [1.807, 2.05) is 36.4 Å². The minimum atomic E-state index is -1.48. The number of rotatable bonds is 4. The summed E-state index contributed by atoms with van der Waals surface area (Å²) >= 11 is 6.35. The van der Waals surface area contributed by atoms with E-state index in [4.69, 9.17) is 11.6 Å². The van der Waals surface area contributed by atoms with Crippen LogP contribution < -0.4 is 16.3 Å². The molecule has 1 saturated heterocycles. The van der Waals surface area contributed by atoms with Gasteiger partial charge < -0.3 is 5.11 Å². The van der Waals surface area contributed by atoms with Gasteiger partial charge in [-0.2, -0.15) is 0 Å². The summed E-state index contributed by atoms with van der Waals surface area (Å²) in [5.41, 5.74) is 0.00119. The number of aromatic hydroxyl groups is 1. The highest BCUT2D eigenvalue weighted by Gasteiger charge is 2.69. The van der Waals surface area contributed by atoms with Gasteiger partial charge in [0.05, 0.1) is 35.3 Å². The molecule has 3 heterocycles. The van der Waals surface area contributed by atoms with Gasteiger partial charge in [-0.05, 0) is 54.0 Å². The second kappa shape index (κ2) is 10.3. The SMILES string of the molecule is O=C1C2CC3C(=CCn4c(=O)n(-c5ccccc5)c(=O)n43)C(c3ccccc3O)C2(c2ccccc2)C(=O)N1c1cccc(Cl)c1. The van der Waals surface area contributed by atoms with Crippen molar-refractivity contribution in [2.24, 2.45) is 5.92 Å². The topological polar surface area (TPSA) is 107 Å². The Hall–Kier alpha value is -5.41. The van der Waals surface area contributed by atoms with Crippen molar-refractivity contribution in [2.45, 2.75) is 30.3 Å². The first-order valence-corrected chi connectivity index (χ1v) is 15.4. The molecule has 4 atom stereocenters. The zero-order valence-corrected chi connectivity index (χ0v) is 25.1. The highest BCUT2D eigenvalue weighted by molar-refractivity contribution is 6.32. The third kappa shape index (κ3) is 3.75. The van der Waals surface area contributed by atoms with Crippen molar-refractivity contribution in [1.29, 1.82) is 0 Å². The number of carbonyl (C=O) groups excluding carboxylic acids is 2. The normalized spacial score (nSPS) is 23.5. The van der Waals surface area contributed by atoms with Crippen LogP contribution >= 0.6 is 11.6 Å². The number of imide groups is 1. The molecule has 9 nitrogen and oxygen atoms in total. The van der Waals surface area contributed by atoms with Crippen molar-refractivity contribution >= 4 is 29.1 Å². The van der Waals surface area contributed by atoms with Crippen molar-refractivity contribution in [3.05, 3.63) is 158 Å². The molecule has 228 valence electrons. The van der Waals surface area contributed by atoms with Crippen LogP contribution in [-0.2, 0) is 21.5 Å². The van der Waals surface area contributed by atoms with Gasteiger partial charge >= 0.3 is 11.4 Å². The molecule has 46 heavy (non-hydrogen) atoms. The molecule has 1 aromatic heterocycles. The fourth-order valence-corrected chi connectivity index (χ4v) is 8.06. The molecule has 5 aromatic rings. The summed E-state index contributed by atoms with van der Waals surface area (Å²) in [5.74, 6) is -2.73. The number of anilines is 1. The maximum Gasteiger partial charge on any atom is 0.352 e. The van der Waals surface area contributed by atoms with Gasteiger partial charge in [-0.3, -0.25) is 9.59 Å². The second-order valence-corrected chi connectivity index (χ2v) is 12.3. The molecular formula is C36H27ClN4O5. The maximum absolute atomic E-state index is 15.1. The minimum absolute atomic E-state index is 0.0401. The van der Waals surface area contributed by atoms with Crippen LogP contribution in [0.1, 0.15) is 29.5 Å². The van der Waals surface area contributed by atoms with Crippen molar-refractivity contribution in [3.8, 4) is 11.4 Å². The van der Waals surface area contributed by atoms with E-state index in [-0.39, 0.29) is 18.7 Å². The van der Waals surface area contributed by atoms with E-state index in [2.05, 4.69) is 0 Å². The number of aromatic nitrogens is 3. The van der Waals surface area contributed by atoms with Gasteiger partial charge in [-0.1, -0.05) is 90.5 Å². The summed E-state index contributed by atoms with van der Waals surface area (Å²) in [6.07, 6.45) is 1.95. The van der Waals surface area contributed by atoms with Crippen LogP contribution in [0.3, 0.4) is 0 Å². The van der Waals surface area contributed by atoms with Gasteiger partial charge in [0.1, 0.15) is 5.75 Å². The Balaban J connectivity index is 1.42. The predicted molar refractivity (Wildman–Crippen MR) is 172 cm³/mol. The second-order valence-electron chi connectivity index (χ2n) is 11.9. The zero-order valence-electron chi connectivity index (χ0n) is 24.4. The average molecular weight is 631 g/mol. The first-order chi connectivity index (χ1) is 22.3. The lowest BCUT2D eigenvalue weighted by Gasteiger charge is -2.49. The number of phenols is 1. The number of phenolic OH excluding ortho intramolecular Hbond substituents is 1. The molecule has 4 unspecified atom stereocenters. The highest BCUT2D eigenvalue weighted by atomic mass is 35.5. The molecule has 4 aromatic carbocycles. The summed E-state index contributed by atoms with van der Waals surface area (Å²) in [5, 5.41) is 11.7. The van der Waals surface area contributed by atoms with Gasteiger partial charge in [0.15, 0.2) is 0 Å². The predicted octanol–water partition coefficient (Wildman–Crippen LogP) is 4.96. The molecule has 8 rings (SSSR count). The maximum atomic E-state index is 15.1. The summed E-state index contributed by atoms with van der Waals surface area (Å²) < 4.78 is 3.94. The molecule has 2 amide bonds. The Morgan fingerprint density at radius 1 is 0.761 bits per heavy atom. The monoisotopic (exact) mass is 630 g/mol. The van der Waals surface area contributed by atoms with E-state index in [1.165, 1.54) is 14.3 Å². The molecule has 2 aliphatic heterocycles. The van der Waals surface area contributed by atoms with E-state index >= 15 is 4.79 Å². The first-order valence-electron chi connectivity index (χ1n) is 15.0. The van der Waals surface area contributed by atoms with E-state index in [1.54, 1.807) is 78.9 Å². The van der Waals surface area contributed by atoms with Crippen LogP contribution in [0, 0.1) is 5.92 Å². The summed E-state index contributed by atoms with van der Waals surface area (Å²) in [6.45, 7) is 0.0690. The van der Waals surface area contributed by atoms with Gasteiger partial charge in [-0.25, -0.2) is 28.4 Å². The number of fused-ring (bicyclic) bond motifs is 4. The number of nitrogens with zero attached hydrogens (tertiary/aromatic N) is 4. The Bertz CT molecular complexity index is 2200. The molecule has 1 saturated carbocycles. The van der Waals surface area contributed by atoms with E-state index in [0.29, 0.717) is 33.1 Å². The van der Waals surface area contributed by atoms with Crippen LogP contribution in [-0.4, -0.2) is 30.9 Å². The van der Waals surface area contributed by atoms with Crippen LogP contribution in [0.25, 0.3) is 5.69 Å². The van der Waals surface area contributed by atoms with Gasteiger partial charge in [0.2, 0.25) is 11.8 Å². The highest BCUT2D eigenvalue weighted by Crippen LogP contribution is 2.63. The Morgan fingerprint density at radius 2 is 1.43 bits per heavy atom. The quantitative estimate of drug-likeness (QED) is 0.223. The number of halogens is 1. The van der Waals surface area contributed by atoms with Crippen molar-refractivity contribution in [1.82, 2.24) is 13.9 Å². The van der Waals surface area contributed by atoms with E-state index < -0.39 is 46.5 Å². The van der Waals surface area contributed by atoms with Crippen molar-refractivity contribution < 1.29 is 14.7 Å². The molecule has 0 spiro atoms. The van der Waals surface area contributed by atoms with Crippen LogP contribution in [0.4, 0.5) is 5.69 Å². The van der Waals surface area contributed by atoms with Gasteiger partial charge in [0.25, 0.3) is 0 Å². The summed E-state index contributed by atoms with van der Waals surface area (Å²) in [7, 11) is 0. The zero-order chi connectivity index (χ0) is 31.7. The van der Waals surface area contributed by atoms with Gasteiger partial charge in [-0.15, -0.1) is 0 Å². The first kappa shape index (κ1) is 28.1. The molecule has 0 bridgehead atoms. The third-order valence-corrected chi connectivity index (χ3v) is 9.93. The summed E-state index contributed by atoms with van der Waals surface area (Å²) in [6, 6.07) is 30.5. The third-order valence-electron chi connectivity index (χ3n) is 9.69. The fraction of sp³-hybridized carbons (Fsp3) is 0.167. The smallest absolute Gasteiger partial charge is 0.352 e. The number of allylic oxidation sites excluding steroid dienone is 2. The Morgan fingerprint density at radius 3 is 2.15 bits per heavy atom. The number of para-hydroxylation sites is 2. The lowest BCUT2D eigenvalue weighted by Crippen LogP contribution is -2.53. The number of hydrogen-bond acceptors (Lipinski definition) is 5. The van der Waals surface area contributed by atoms with Crippen molar-refractivity contribution in [2.75, 3.05) is 4.90 Å². The minimum Gasteiger partial charge on any atom is -0.508 e. The molecule has 0 radical (unpaired) electrons. The molecule has 3 aliphatic rings. The molecular weight excluding hydrogens is 604 g/mol. The lowest BCUT2D eigenvalue weighted by molar-refractivity contribution is -0.124. The fourth-order valence-electron chi connectivity index (χ4n) is 7.88. The van der Waals surface area contributed by atoms with Crippen LogP contribution in [0.5, 0.6) is 5.75 Å². The number of carbonyl (C=O) groups is 2. The molecule has 1 N–H and O–H groups in total. The lowest BCUT2D eigenvalue weighted by atomic mass is 9.53. The summed E-state index contributed by atoms with van der Waals surface area (Å²) in [4.78, 5) is 58.9. The van der Waals surface area contributed by atoms with Crippen LogP contribution in [0.15, 0.2) is 130 Å². The Labute approximate surface area is 267 Å². The Kier molecular flexibility index (Phi) is 6.30. The number of benzene rings is 4. The molecule has 10 heteroatoms. The van der Waals surface area contributed by atoms with E-state index in [9.17, 15) is 19.5 Å². The largest absolute Gasteiger partial charge is 0.508 e. The average Bonchev–Trinajstić information content (AvgIpc) is 3.46. The van der Waals surface area contributed by atoms with E-state index in [0.717, 1.165) is 4.57 Å². The number of hydrogen-bond donors (Lipinski definition) is 1. The molecule has 1 aliphatic carbocycles. The van der Waals surface area contributed by atoms with Crippen molar-refractivity contribution in [3.63, 3.8) is 0 Å². The van der Waals surface area contributed by atoms with Crippen LogP contribution in [0.2, 0.25) is 5.02 Å². The standard InChI is InChI=1S/C36H27ClN4O5/c37-23-12-9-15-25(20-23)39-32(43)28-21-29-26(18-19-38-34(45)40(35(46)41(29)38)24-13-5-2-6-14-24)31(27-16-7-8-17-30(27)42)36(28,33(39)44)22-10-3-1-4-11-22/h1-18,20,28-29,31,42H,19,21H2. The number of amides is 2. The van der Waals surface area contributed by atoms with Gasteiger partial charge in [0, 0.05) is 16.5 Å².